The number of hydrogen-bond donors (Lipinski definition) is 0. The summed E-state index contributed by atoms with van der Waals surface area (Å²) in [4.78, 5) is 17.9. The van der Waals surface area contributed by atoms with Crippen LogP contribution < -0.4 is 10.5 Å². The molecular weight excluding hydrogens is 232 g/mol. The second-order valence-electron chi connectivity index (χ2n) is 4.35. The fourth-order valence-electron chi connectivity index (χ4n) is 2.36. The first kappa shape index (κ1) is 11.0. The van der Waals surface area contributed by atoms with Crippen molar-refractivity contribution in [1.82, 2.24) is 14.8 Å². The average Bonchev–Trinajstić information content (AvgIpc) is 3.02. The molecule has 2 aromatic heterocycles. The molecule has 0 bridgehead atoms. The molecule has 3 heterocycles. The molecule has 2 aromatic rings. The fourth-order valence-corrected chi connectivity index (χ4v) is 2.36. The van der Waals surface area contributed by atoms with Gasteiger partial charge >= 0.3 is 0 Å². The summed E-state index contributed by atoms with van der Waals surface area (Å²) < 4.78 is 6.81. The summed E-state index contributed by atoms with van der Waals surface area (Å²) >= 11 is 0. The minimum absolute atomic E-state index is 0.0724. The highest BCUT2D eigenvalue weighted by Crippen LogP contribution is 2.24. The second kappa shape index (κ2) is 4.64. The van der Waals surface area contributed by atoms with E-state index in [0.717, 1.165) is 19.4 Å². The lowest BCUT2D eigenvalue weighted by Crippen LogP contribution is -2.37. The first-order chi connectivity index (χ1) is 8.84. The van der Waals surface area contributed by atoms with Gasteiger partial charge in [-0.1, -0.05) is 0 Å². The number of rotatable bonds is 3. The maximum Gasteiger partial charge on any atom is 0.297 e. The Morgan fingerprint density at radius 3 is 3.17 bits per heavy atom. The van der Waals surface area contributed by atoms with Crippen molar-refractivity contribution in [2.45, 2.75) is 25.4 Å². The molecule has 1 atom stereocenters. The minimum atomic E-state index is -0.0724. The first-order valence-electron chi connectivity index (χ1n) is 6.03. The van der Waals surface area contributed by atoms with Gasteiger partial charge in [0.2, 0.25) is 0 Å². The van der Waals surface area contributed by atoms with Gasteiger partial charge in [-0.2, -0.15) is 5.10 Å². The number of oxazole rings is 1. The largest absolute Gasteiger partial charge is 0.432 e. The van der Waals surface area contributed by atoms with Gasteiger partial charge in [0, 0.05) is 18.8 Å². The average molecular weight is 246 g/mol. The predicted octanol–water partition coefficient (Wildman–Crippen LogP) is 0.900. The molecule has 6 heteroatoms. The number of anilines is 1. The van der Waals surface area contributed by atoms with Crippen LogP contribution in [-0.4, -0.2) is 27.4 Å². The lowest BCUT2D eigenvalue weighted by Gasteiger charge is -2.22. The van der Waals surface area contributed by atoms with Crippen LogP contribution in [0, 0.1) is 0 Å². The van der Waals surface area contributed by atoms with Crippen molar-refractivity contribution in [3.8, 4) is 0 Å². The van der Waals surface area contributed by atoms with Crippen LogP contribution in [-0.2, 0) is 6.54 Å². The van der Waals surface area contributed by atoms with Gasteiger partial charge in [-0.3, -0.25) is 4.79 Å². The number of hydrogen-bond acceptors (Lipinski definition) is 5. The monoisotopic (exact) mass is 246 g/mol. The van der Waals surface area contributed by atoms with Crippen LogP contribution in [0.1, 0.15) is 12.8 Å². The SMILES string of the molecule is O=c1cccnn1CC1CCCN1c1ncco1. The van der Waals surface area contributed by atoms with E-state index >= 15 is 0 Å². The Morgan fingerprint density at radius 2 is 2.39 bits per heavy atom. The van der Waals surface area contributed by atoms with Crippen molar-refractivity contribution in [3.63, 3.8) is 0 Å². The normalized spacial score (nSPS) is 19.3. The summed E-state index contributed by atoms with van der Waals surface area (Å²) in [5, 5.41) is 4.08. The van der Waals surface area contributed by atoms with E-state index in [1.54, 1.807) is 24.7 Å². The predicted molar refractivity (Wildman–Crippen MR) is 65.4 cm³/mol. The van der Waals surface area contributed by atoms with Crippen LogP contribution in [0.2, 0.25) is 0 Å². The first-order valence-corrected chi connectivity index (χ1v) is 6.03. The van der Waals surface area contributed by atoms with E-state index in [1.165, 1.54) is 10.7 Å². The molecule has 0 amide bonds. The van der Waals surface area contributed by atoms with Crippen molar-refractivity contribution in [1.29, 1.82) is 0 Å². The maximum absolute atomic E-state index is 11.6. The van der Waals surface area contributed by atoms with Crippen molar-refractivity contribution in [2.75, 3.05) is 11.4 Å². The molecule has 3 rings (SSSR count). The van der Waals surface area contributed by atoms with Crippen LogP contribution in [0.25, 0.3) is 0 Å². The Balaban J connectivity index is 1.80. The standard InChI is InChI=1S/C12H14N4O2/c17-11-4-1-5-14-16(11)9-10-3-2-7-15(10)12-13-6-8-18-12/h1,4-6,8,10H,2-3,7,9H2. The Kier molecular flexibility index (Phi) is 2.84. The van der Waals surface area contributed by atoms with Crippen molar-refractivity contribution in [2.24, 2.45) is 0 Å². The van der Waals surface area contributed by atoms with E-state index < -0.39 is 0 Å². The highest BCUT2D eigenvalue weighted by atomic mass is 16.4. The molecule has 0 N–H and O–H groups in total. The van der Waals surface area contributed by atoms with E-state index in [4.69, 9.17) is 4.42 Å². The fraction of sp³-hybridized carbons (Fsp3) is 0.417. The van der Waals surface area contributed by atoms with Crippen LogP contribution in [0.15, 0.2) is 40.0 Å². The summed E-state index contributed by atoms with van der Waals surface area (Å²) in [6.07, 6.45) is 6.93. The zero-order chi connectivity index (χ0) is 12.4. The summed E-state index contributed by atoms with van der Waals surface area (Å²) in [5.41, 5.74) is -0.0724. The van der Waals surface area contributed by atoms with Crippen LogP contribution in [0.3, 0.4) is 0 Å². The summed E-state index contributed by atoms with van der Waals surface area (Å²) in [6.45, 7) is 1.48. The van der Waals surface area contributed by atoms with Gasteiger partial charge in [0.1, 0.15) is 6.26 Å². The Morgan fingerprint density at radius 1 is 1.44 bits per heavy atom. The van der Waals surface area contributed by atoms with Gasteiger partial charge in [0.25, 0.3) is 11.6 Å². The summed E-state index contributed by atoms with van der Waals surface area (Å²) in [6, 6.07) is 4.02. The van der Waals surface area contributed by atoms with Crippen molar-refractivity contribution in [3.05, 3.63) is 41.1 Å². The van der Waals surface area contributed by atoms with Crippen LogP contribution in [0.4, 0.5) is 6.01 Å². The quantitative estimate of drug-likeness (QED) is 0.805. The topological polar surface area (TPSA) is 64.2 Å². The summed E-state index contributed by atoms with van der Waals surface area (Å²) in [7, 11) is 0. The zero-order valence-corrected chi connectivity index (χ0v) is 9.90. The molecule has 0 aliphatic carbocycles. The van der Waals surface area contributed by atoms with Gasteiger partial charge in [0.15, 0.2) is 0 Å². The van der Waals surface area contributed by atoms with Gasteiger partial charge < -0.3 is 9.32 Å². The number of aromatic nitrogens is 3. The molecule has 1 aliphatic rings. The second-order valence-corrected chi connectivity index (χ2v) is 4.35. The highest BCUT2D eigenvalue weighted by Gasteiger charge is 2.28. The van der Waals surface area contributed by atoms with Crippen LogP contribution in [0.5, 0.6) is 0 Å². The highest BCUT2D eigenvalue weighted by molar-refractivity contribution is 5.29. The molecule has 1 unspecified atom stereocenters. The third kappa shape index (κ3) is 2.01. The molecule has 0 aromatic carbocycles. The Bertz CT molecular complexity index is 563. The van der Waals surface area contributed by atoms with Crippen molar-refractivity contribution < 1.29 is 4.42 Å². The van der Waals surface area contributed by atoms with Gasteiger partial charge in [-0.05, 0) is 18.9 Å². The molecule has 0 spiro atoms. The maximum atomic E-state index is 11.6. The van der Waals surface area contributed by atoms with Gasteiger partial charge in [-0.25, -0.2) is 9.67 Å². The minimum Gasteiger partial charge on any atom is -0.432 e. The van der Waals surface area contributed by atoms with Gasteiger partial charge in [-0.15, -0.1) is 0 Å². The lowest BCUT2D eigenvalue weighted by atomic mass is 10.2. The summed E-state index contributed by atoms with van der Waals surface area (Å²) in [5.74, 6) is 0. The molecule has 6 nitrogen and oxygen atoms in total. The van der Waals surface area contributed by atoms with Crippen molar-refractivity contribution >= 4 is 6.01 Å². The van der Waals surface area contributed by atoms with E-state index in [-0.39, 0.29) is 11.6 Å². The third-order valence-corrected chi connectivity index (χ3v) is 3.21. The molecule has 1 saturated heterocycles. The van der Waals surface area contributed by atoms with Gasteiger partial charge in [0.05, 0.1) is 18.8 Å². The molecular formula is C12H14N4O2. The Labute approximate surface area is 104 Å². The third-order valence-electron chi connectivity index (χ3n) is 3.21. The molecule has 1 aliphatic heterocycles. The molecule has 1 fully saturated rings. The molecule has 0 radical (unpaired) electrons. The number of nitrogens with zero attached hydrogens (tertiary/aromatic N) is 4. The van der Waals surface area contributed by atoms with Crippen LogP contribution >= 0.6 is 0 Å². The van der Waals surface area contributed by atoms with E-state index in [9.17, 15) is 4.79 Å². The molecule has 0 saturated carbocycles. The lowest BCUT2D eigenvalue weighted by molar-refractivity contribution is 0.458. The van der Waals surface area contributed by atoms with E-state index in [2.05, 4.69) is 15.0 Å². The van der Waals surface area contributed by atoms with E-state index in [0.29, 0.717) is 12.6 Å². The molecule has 94 valence electrons. The zero-order valence-electron chi connectivity index (χ0n) is 9.90. The smallest absolute Gasteiger partial charge is 0.297 e. The van der Waals surface area contributed by atoms with E-state index in [1.807, 2.05) is 0 Å². The molecule has 18 heavy (non-hydrogen) atoms. The Hall–Kier alpha value is -2.11.